The third-order valence-corrected chi connectivity index (χ3v) is 3.09. The van der Waals surface area contributed by atoms with Gasteiger partial charge in [0, 0.05) is 12.5 Å². The Morgan fingerprint density at radius 1 is 1.50 bits per heavy atom. The molecule has 0 aromatic rings. The van der Waals surface area contributed by atoms with Crippen LogP contribution in [-0.4, -0.2) is 11.9 Å². The standard InChI is InChI=1S/C12H22NO/c1-3-10(2)13-12(14)9-8-11-6-4-5-7-11/h10-11H,1,3-9H2,2H3,(H,13,14). The molecule has 2 heteroatoms. The monoisotopic (exact) mass is 196 g/mol. The maximum absolute atomic E-state index is 11.4. The van der Waals surface area contributed by atoms with Crippen LogP contribution in [0.4, 0.5) is 0 Å². The molecule has 0 aromatic heterocycles. The van der Waals surface area contributed by atoms with E-state index in [2.05, 4.69) is 12.2 Å². The van der Waals surface area contributed by atoms with Crippen LogP contribution in [0.2, 0.25) is 0 Å². The summed E-state index contributed by atoms with van der Waals surface area (Å²) in [5.74, 6) is 1.02. The van der Waals surface area contributed by atoms with Crippen LogP contribution in [0.1, 0.15) is 51.9 Å². The second-order valence-corrected chi connectivity index (χ2v) is 4.45. The van der Waals surface area contributed by atoms with Gasteiger partial charge in [-0.1, -0.05) is 32.6 Å². The van der Waals surface area contributed by atoms with Crippen LogP contribution in [0.3, 0.4) is 0 Å². The largest absolute Gasteiger partial charge is 0.354 e. The molecule has 0 spiro atoms. The minimum Gasteiger partial charge on any atom is -0.354 e. The van der Waals surface area contributed by atoms with Gasteiger partial charge in [-0.3, -0.25) is 4.79 Å². The van der Waals surface area contributed by atoms with Gasteiger partial charge < -0.3 is 5.32 Å². The summed E-state index contributed by atoms with van der Waals surface area (Å²) in [6, 6.07) is 0.228. The summed E-state index contributed by atoms with van der Waals surface area (Å²) >= 11 is 0. The van der Waals surface area contributed by atoms with Crippen LogP contribution >= 0.6 is 0 Å². The van der Waals surface area contributed by atoms with Crippen molar-refractivity contribution in [2.75, 3.05) is 0 Å². The first-order valence-corrected chi connectivity index (χ1v) is 5.81. The highest BCUT2D eigenvalue weighted by Gasteiger charge is 2.16. The number of carbonyl (C=O) groups is 1. The molecular weight excluding hydrogens is 174 g/mol. The number of hydrogen-bond donors (Lipinski definition) is 1. The van der Waals surface area contributed by atoms with Gasteiger partial charge in [-0.15, -0.1) is 0 Å². The molecule has 0 saturated heterocycles. The van der Waals surface area contributed by atoms with Crippen LogP contribution in [0.15, 0.2) is 0 Å². The molecule has 1 radical (unpaired) electrons. The van der Waals surface area contributed by atoms with Crippen molar-refractivity contribution < 1.29 is 4.79 Å². The lowest BCUT2D eigenvalue weighted by Crippen LogP contribution is -2.31. The third-order valence-electron chi connectivity index (χ3n) is 3.09. The lowest BCUT2D eigenvalue weighted by atomic mass is 10.0. The molecular formula is C12H22NO. The Hall–Kier alpha value is -0.530. The van der Waals surface area contributed by atoms with E-state index in [1.165, 1.54) is 25.7 Å². The minimum atomic E-state index is 0.202. The second-order valence-electron chi connectivity index (χ2n) is 4.45. The Morgan fingerprint density at radius 2 is 2.14 bits per heavy atom. The fourth-order valence-electron chi connectivity index (χ4n) is 2.05. The molecule has 1 atom stereocenters. The molecule has 1 aliphatic rings. The molecule has 0 bridgehead atoms. The van der Waals surface area contributed by atoms with E-state index in [1.807, 2.05) is 6.92 Å². The van der Waals surface area contributed by atoms with Gasteiger partial charge in [0.05, 0.1) is 0 Å². The number of rotatable bonds is 5. The molecule has 1 saturated carbocycles. The summed E-state index contributed by atoms with van der Waals surface area (Å²) in [7, 11) is 0. The van der Waals surface area contributed by atoms with Crippen LogP contribution in [0, 0.1) is 12.8 Å². The second kappa shape index (κ2) is 6.05. The van der Waals surface area contributed by atoms with Gasteiger partial charge in [0.2, 0.25) is 5.91 Å². The highest BCUT2D eigenvalue weighted by Crippen LogP contribution is 2.28. The molecule has 1 rings (SSSR count). The maximum atomic E-state index is 11.4. The molecule has 0 aromatic carbocycles. The molecule has 1 fully saturated rings. The SMILES string of the molecule is [CH2]CC(C)NC(=O)CCC1CCCC1. The zero-order valence-electron chi connectivity index (χ0n) is 9.22. The van der Waals surface area contributed by atoms with Crippen molar-refractivity contribution in [3.63, 3.8) is 0 Å². The molecule has 2 nitrogen and oxygen atoms in total. The van der Waals surface area contributed by atoms with E-state index in [1.54, 1.807) is 0 Å². The first-order chi connectivity index (χ1) is 6.72. The summed E-state index contributed by atoms with van der Waals surface area (Å²) < 4.78 is 0. The summed E-state index contributed by atoms with van der Waals surface area (Å²) in [5, 5.41) is 2.95. The van der Waals surface area contributed by atoms with E-state index in [4.69, 9.17) is 0 Å². The molecule has 14 heavy (non-hydrogen) atoms. The fourth-order valence-corrected chi connectivity index (χ4v) is 2.05. The summed E-state index contributed by atoms with van der Waals surface area (Å²) in [4.78, 5) is 11.4. The van der Waals surface area contributed by atoms with Gasteiger partial charge in [-0.05, 0) is 25.7 Å². The number of nitrogens with one attached hydrogen (secondary N) is 1. The predicted molar refractivity (Wildman–Crippen MR) is 58.8 cm³/mol. The van der Waals surface area contributed by atoms with E-state index < -0.39 is 0 Å². The number of carbonyl (C=O) groups excluding carboxylic acids is 1. The van der Waals surface area contributed by atoms with Crippen molar-refractivity contribution in [3.05, 3.63) is 6.92 Å². The Labute approximate surface area is 87.5 Å². The van der Waals surface area contributed by atoms with Crippen LogP contribution in [-0.2, 0) is 4.79 Å². The van der Waals surface area contributed by atoms with Crippen molar-refractivity contribution in [3.8, 4) is 0 Å². The topological polar surface area (TPSA) is 29.1 Å². The Morgan fingerprint density at radius 3 is 2.71 bits per heavy atom. The van der Waals surface area contributed by atoms with E-state index in [0.717, 1.165) is 18.8 Å². The highest BCUT2D eigenvalue weighted by atomic mass is 16.1. The maximum Gasteiger partial charge on any atom is 0.220 e. The van der Waals surface area contributed by atoms with Gasteiger partial charge in [-0.2, -0.15) is 0 Å². The normalized spacial score (nSPS) is 19.6. The van der Waals surface area contributed by atoms with Crippen LogP contribution in [0.5, 0.6) is 0 Å². The number of amides is 1. The van der Waals surface area contributed by atoms with E-state index in [9.17, 15) is 4.79 Å². The van der Waals surface area contributed by atoms with Crippen molar-refractivity contribution >= 4 is 5.91 Å². The molecule has 0 heterocycles. The third kappa shape index (κ3) is 4.12. The summed E-state index contributed by atoms with van der Waals surface area (Å²) in [6.07, 6.45) is 7.94. The van der Waals surface area contributed by atoms with Gasteiger partial charge in [-0.25, -0.2) is 0 Å². The van der Waals surface area contributed by atoms with E-state index in [0.29, 0.717) is 6.42 Å². The highest BCUT2D eigenvalue weighted by molar-refractivity contribution is 5.76. The molecule has 1 amide bonds. The molecule has 1 unspecified atom stereocenters. The summed E-state index contributed by atoms with van der Waals surface area (Å²) in [5.41, 5.74) is 0. The molecule has 0 aliphatic heterocycles. The van der Waals surface area contributed by atoms with Gasteiger partial charge in [0.25, 0.3) is 0 Å². The number of hydrogen-bond acceptors (Lipinski definition) is 1. The molecule has 1 N–H and O–H groups in total. The van der Waals surface area contributed by atoms with Crippen molar-refractivity contribution in [1.82, 2.24) is 5.32 Å². The van der Waals surface area contributed by atoms with Gasteiger partial charge in [0.15, 0.2) is 0 Å². The van der Waals surface area contributed by atoms with Crippen LogP contribution < -0.4 is 5.32 Å². The van der Waals surface area contributed by atoms with Crippen molar-refractivity contribution in [1.29, 1.82) is 0 Å². The molecule has 81 valence electrons. The van der Waals surface area contributed by atoms with E-state index >= 15 is 0 Å². The lowest BCUT2D eigenvalue weighted by molar-refractivity contribution is -0.121. The van der Waals surface area contributed by atoms with Crippen molar-refractivity contribution in [2.24, 2.45) is 5.92 Å². The minimum absolute atomic E-state index is 0.202. The lowest BCUT2D eigenvalue weighted by Gasteiger charge is -2.12. The Balaban J connectivity index is 2.08. The van der Waals surface area contributed by atoms with Crippen LogP contribution in [0.25, 0.3) is 0 Å². The Bertz CT molecular complexity index is 173. The quantitative estimate of drug-likeness (QED) is 0.719. The molecule has 1 aliphatic carbocycles. The smallest absolute Gasteiger partial charge is 0.220 e. The van der Waals surface area contributed by atoms with Crippen molar-refractivity contribution in [2.45, 2.75) is 57.9 Å². The average molecular weight is 196 g/mol. The Kier molecular flexibility index (Phi) is 4.99. The first-order valence-electron chi connectivity index (χ1n) is 5.81. The first kappa shape index (κ1) is 11.5. The average Bonchev–Trinajstić information content (AvgIpc) is 2.67. The van der Waals surface area contributed by atoms with Gasteiger partial charge >= 0.3 is 0 Å². The van der Waals surface area contributed by atoms with E-state index in [-0.39, 0.29) is 11.9 Å². The zero-order valence-corrected chi connectivity index (χ0v) is 9.22. The van der Waals surface area contributed by atoms with Gasteiger partial charge in [0.1, 0.15) is 0 Å². The summed E-state index contributed by atoms with van der Waals surface area (Å²) in [6.45, 7) is 5.76. The predicted octanol–water partition coefficient (Wildman–Crippen LogP) is 2.69. The fraction of sp³-hybridized carbons (Fsp3) is 0.833. The zero-order chi connectivity index (χ0) is 10.4.